The largest absolute Gasteiger partial charge is 0.466 e. The highest BCUT2D eigenvalue weighted by Crippen LogP contribution is 1.94. The number of rotatable bonds is 4. The van der Waals surface area contributed by atoms with Crippen molar-refractivity contribution < 1.29 is 19.1 Å². The molecule has 0 atom stereocenters. The van der Waals surface area contributed by atoms with E-state index >= 15 is 0 Å². The smallest absolute Gasteiger partial charge is 0.306 e. The number of carbonyl (C=O) groups is 2. The normalized spacial score (nSPS) is 8.91. The Kier molecular flexibility index (Phi) is 5.15. The Bertz CT molecular complexity index is 141. The van der Waals surface area contributed by atoms with Crippen LogP contribution in [0.5, 0.6) is 0 Å². The summed E-state index contributed by atoms with van der Waals surface area (Å²) in [5.41, 5.74) is 0. The molecule has 0 rings (SSSR count). The Labute approximate surface area is 65.5 Å². The molecule has 0 unspecified atom stereocenters. The summed E-state index contributed by atoms with van der Waals surface area (Å²) in [6, 6.07) is 0. The fraction of sp³-hybridized carbons (Fsp3) is 0.429. The number of carbonyl (C=O) groups excluding carboxylic acids is 2. The van der Waals surface area contributed by atoms with E-state index in [0.717, 1.165) is 0 Å². The van der Waals surface area contributed by atoms with E-state index in [2.05, 4.69) is 23.5 Å². The lowest BCUT2D eigenvalue weighted by Crippen LogP contribution is -2.07. The van der Waals surface area contributed by atoms with Crippen molar-refractivity contribution >= 4 is 11.9 Å². The summed E-state index contributed by atoms with van der Waals surface area (Å²) >= 11 is 0. The van der Waals surface area contributed by atoms with Gasteiger partial charge in [-0.25, -0.2) is 0 Å². The Morgan fingerprint density at radius 3 is 2.18 bits per heavy atom. The molecule has 0 spiro atoms. The Morgan fingerprint density at radius 2 is 1.73 bits per heavy atom. The van der Waals surface area contributed by atoms with E-state index in [4.69, 9.17) is 0 Å². The van der Waals surface area contributed by atoms with Crippen LogP contribution in [0.15, 0.2) is 0 Å². The molecule has 0 aliphatic rings. The van der Waals surface area contributed by atoms with Crippen LogP contribution in [0, 0.1) is 14.0 Å². The van der Waals surface area contributed by atoms with Crippen LogP contribution in [0.25, 0.3) is 0 Å². The molecule has 0 aliphatic heterocycles. The lowest BCUT2D eigenvalue weighted by Gasteiger charge is -1.99. The minimum absolute atomic E-state index is 0.00231. The topological polar surface area (TPSA) is 52.6 Å². The average molecular weight is 158 g/mol. The first kappa shape index (κ1) is 9.94. The molecule has 0 saturated carbocycles. The van der Waals surface area contributed by atoms with Crippen LogP contribution in [0.3, 0.4) is 0 Å². The van der Waals surface area contributed by atoms with Gasteiger partial charge in [0.15, 0.2) is 0 Å². The molecule has 4 nitrogen and oxygen atoms in total. The van der Waals surface area contributed by atoms with Gasteiger partial charge >= 0.3 is 11.9 Å². The first-order valence-electron chi connectivity index (χ1n) is 3.10. The highest BCUT2D eigenvalue weighted by Gasteiger charge is 2.06. The van der Waals surface area contributed by atoms with Gasteiger partial charge in [0.05, 0.1) is 19.4 Å². The van der Waals surface area contributed by atoms with Crippen LogP contribution >= 0.6 is 0 Å². The van der Waals surface area contributed by atoms with Crippen molar-refractivity contribution in [2.24, 2.45) is 0 Å². The van der Waals surface area contributed by atoms with Crippen LogP contribution in [0.1, 0.15) is 12.8 Å². The standard InChI is InChI=1S/C7H10O4/c1-3-11-7(9)5-4-6(8)10-2/h1-5H2. The van der Waals surface area contributed by atoms with Crippen LogP contribution < -0.4 is 0 Å². The van der Waals surface area contributed by atoms with Crippen molar-refractivity contribution in [3.05, 3.63) is 14.0 Å². The monoisotopic (exact) mass is 158 g/mol. The highest BCUT2D eigenvalue weighted by atomic mass is 16.5. The average Bonchev–Trinajstić information content (AvgIpc) is 2.01. The number of hydrogen-bond acceptors (Lipinski definition) is 4. The molecule has 0 saturated heterocycles. The van der Waals surface area contributed by atoms with Crippen LogP contribution in [-0.4, -0.2) is 18.5 Å². The first-order valence-corrected chi connectivity index (χ1v) is 3.10. The van der Waals surface area contributed by atoms with E-state index in [1.165, 1.54) is 0 Å². The fourth-order valence-corrected chi connectivity index (χ4v) is 0.462. The highest BCUT2D eigenvalue weighted by molar-refractivity contribution is 5.77. The number of esters is 2. The molecule has 11 heavy (non-hydrogen) atoms. The van der Waals surface area contributed by atoms with Gasteiger partial charge in [-0.15, -0.1) is 0 Å². The van der Waals surface area contributed by atoms with E-state index in [0.29, 0.717) is 0 Å². The zero-order chi connectivity index (χ0) is 8.69. The SMILES string of the molecule is [CH2]COC(=O)CCC(=O)O[CH2]. The summed E-state index contributed by atoms with van der Waals surface area (Å²) in [4.78, 5) is 21.0. The van der Waals surface area contributed by atoms with Gasteiger partial charge in [-0.2, -0.15) is 0 Å². The van der Waals surface area contributed by atoms with Crippen molar-refractivity contribution in [2.45, 2.75) is 12.8 Å². The van der Waals surface area contributed by atoms with E-state index in [1.54, 1.807) is 0 Å². The second-order valence-electron chi connectivity index (χ2n) is 1.74. The molecule has 62 valence electrons. The third-order valence-corrected chi connectivity index (χ3v) is 0.957. The van der Waals surface area contributed by atoms with Crippen molar-refractivity contribution in [2.75, 3.05) is 6.61 Å². The predicted octanol–water partition coefficient (Wildman–Crippen LogP) is 0.479. The summed E-state index contributed by atoms with van der Waals surface area (Å²) in [6.07, 6.45) is 0.0200. The van der Waals surface area contributed by atoms with Gasteiger partial charge in [0.1, 0.15) is 7.11 Å². The van der Waals surface area contributed by atoms with E-state index in [-0.39, 0.29) is 19.4 Å². The minimum Gasteiger partial charge on any atom is -0.466 e. The molecular formula is C7H10O4. The summed E-state index contributed by atoms with van der Waals surface area (Å²) in [6.45, 7) is 3.38. The molecule has 0 bridgehead atoms. The molecule has 0 heterocycles. The Hall–Kier alpha value is -1.06. The maximum absolute atomic E-state index is 10.6. The molecular weight excluding hydrogens is 148 g/mol. The van der Waals surface area contributed by atoms with E-state index in [9.17, 15) is 9.59 Å². The van der Waals surface area contributed by atoms with Gasteiger partial charge in [0.2, 0.25) is 0 Å². The molecule has 2 radical (unpaired) electrons. The molecule has 0 aromatic rings. The van der Waals surface area contributed by atoms with Crippen LogP contribution in [0.2, 0.25) is 0 Å². The third kappa shape index (κ3) is 5.39. The molecule has 4 heteroatoms. The molecule has 0 amide bonds. The van der Waals surface area contributed by atoms with E-state index < -0.39 is 11.9 Å². The van der Waals surface area contributed by atoms with Gasteiger partial charge in [-0.3, -0.25) is 9.59 Å². The summed E-state index contributed by atoms with van der Waals surface area (Å²) in [5.74, 6) is -0.976. The van der Waals surface area contributed by atoms with Crippen molar-refractivity contribution in [3.8, 4) is 0 Å². The Balaban J connectivity index is 3.38. The maximum atomic E-state index is 10.6. The molecule has 0 fully saturated rings. The van der Waals surface area contributed by atoms with Gasteiger partial charge in [0, 0.05) is 0 Å². The molecule has 0 aliphatic carbocycles. The second-order valence-corrected chi connectivity index (χ2v) is 1.74. The predicted molar refractivity (Wildman–Crippen MR) is 37.0 cm³/mol. The summed E-state index contributed by atoms with van der Waals surface area (Å²) in [5, 5.41) is 0. The Morgan fingerprint density at radius 1 is 1.18 bits per heavy atom. The van der Waals surface area contributed by atoms with Crippen molar-refractivity contribution in [3.63, 3.8) is 0 Å². The fourth-order valence-electron chi connectivity index (χ4n) is 0.462. The summed E-state index contributed by atoms with van der Waals surface area (Å²) < 4.78 is 8.52. The van der Waals surface area contributed by atoms with Crippen molar-refractivity contribution in [1.82, 2.24) is 0 Å². The van der Waals surface area contributed by atoms with Gasteiger partial charge in [0.25, 0.3) is 0 Å². The van der Waals surface area contributed by atoms with Crippen LogP contribution in [-0.2, 0) is 19.1 Å². The minimum atomic E-state index is -0.522. The quantitative estimate of drug-likeness (QED) is 0.558. The van der Waals surface area contributed by atoms with Gasteiger partial charge < -0.3 is 9.47 Å². The van der Waals surface area contributed by atoms with Gasteiger partial charge in [-0.1, -0.05) is 0 Å². The lowest BCUT2D eigenvalue weighted by atomic mass is 10.3. The maximum Gasteiger partial charge on any atom is 0.306 e. The van der Waals surface area contributed by atoms with Gasteiger partial charge in [-0.05, 0) is 6.92 Å². The molecule has 0 N–H and O–H groups in total. The zero-order valence-electron chi connectivity index (χ0n) is 6.17. The van der Waals surface area contributed by atoms with E-state index in [1.807, 2.05) is 0 Å². The summed E-state index contributed by atoms with van der Waals surface area (Å²) in [7, 11) is 2.90. The molecule has 0 aromatic heterocycles. The van der Waals surface area contributed by atoms with Crippen molar-refractivity contribution in [1.29, 1.82) is 0 Å². The third-order valence-electron chi connectivity index (χ3n) is 0.957. The number of ether oxygens (including phenoxy) is 2. The number of hydrogen-bond donors (Lipinski definition) is 0. The zero-order valence-corrected chi connectivity index (χ0v) is 6.17. The first-order chi connectivity index (χ1) is 5.20. The second kappa shape index (κ2) is 5.70. The molecule has 0 aromatic carbocycles. The van der Waals surface area contributed by atoms with Crippen LogP contribution in [0.4, 0.5) is 0 Å². The lowest BCUT2D eigenvalue weighted by molar-refractivity contribution is -0.147.